The number of thiocarbonyl (C=S) groups is 1. The van der Waals surface area contributed by atoms with Crippen LogP contribution in [0.15, 0.2) is 30.3 Å². The maximum Gasteiger partial charge on any atom is 0.133 e. The van der Waals surface area contributed by atoms with Gasteiger partial charge < -0.3 is 9.80 Å². The van der Waals surface area contributed by atoms with Crippen LogP contribution in [0.2, 0.25) is 0 Å². The Morgan fingerprint density at radius 1 is 1.06 bits per heavy atom. The number of anilines is 1. The van der Waals surface area contributed by atoms with E-state index < -0.39 is 0 Å². The maximum absolute atomic E-state index is 5.04. The second-order valence-electron chi connectivity index (χ2n) is 3.59. The molecule has 1 aliphatic heterocycles. The van der Waals surface area contributed by atoms with Crippen LogP contribution in [0.4, 0.5) is 5.69 Å². The molecular formula is C11H14N2NaS2. The summed E-state index contributed by atoms with van der Waals surface area (Å²) in [6, 6.07) is 10.5. The van der Waals surface area contributed by atoms with E-state index >= 15 is 0 Å². The van der Waals surface area contributed by atoms with Crippen molar-refractivity contribution in [3.63, 3.8) is 0 Å². The van der Waals surface area contributed by atoms with Gasteiger partial charge in [0.05, 0.1) is 0 Å². The Hall–Kier alpha value is 0.260. The summed E-state index contributed by atoms with van der Waals surface area (Å²) >= 11 is 9.24. The van der Waals surface area contributed by atoms with Crippen molar-refractivity contribution in [3.8, 4) is 0 Å². The monoisotopic (exact) mass is 261 g/mol. The van der Waals surface area contributed by atoms with Crippen molar-refractivity contribution >= 4 is 64.4 Å². The molecule has 1 fully saturated rings. The van der Waals surface area contributed by atoms with Gasteiger partial charge in [-0.3, -0.25) is 0 Å². The van der Waals surface area contributed by atoms with Gasteiger partial charge in [0.15, 0.2) is 0 Å². The summed E-state index contributed by atoms with van der Waals surface area (Å²) in [5.41, 5.74) is 1.29. The Balaban J connectivity index is 0.00000128. The summed E-state index contributed by atoms with van der Waals surface area (Å²) in [5.74, 6) is 0. The normalized spacial score (nSPS) is 15.6. The number of hydrogen-bond donors (Lipinski definition) is 1. The molecule has 0 unspecified atom stereocenters. The van der Waals surface area contributed by atoms with Gasteiger partial charge in [-0.25, -0.2) is 0 Å². The molecular weight excluding hydrogens is 247 g/mol. The second-order valence-corrected chi connectivity index (χ2v) is 4.71. The fourth-order valence-corrected chi connectivity index (χ4v) is 2.18. The van der Waals surface area contributed by atoms with Crippen LogP contribution >= 0.6 is 24.8 Å². The summed E-state index contributed by atoms with van der Waals surface area (Å²) in [4.78, 5) is 4.51. The van der Waals surface area contributed by atoms with Crippen LogP contribution in [0, 0.1) is 0 Å². The fraction of sp³-hybridized carbons (Fsp3) is 0.364. The van der Waals surface area contributed by atoms with Gasteiger partial charge in [0.25, 0.3) is 0 Å². The van der Waals surface area contributed by atoms with Gasteiger partial charge in [-0.15, -0.1) is 12.6 Å². The first-order chi connectivity index (χ1) is 7.27. The van der Waals surface area contributed by atoms with Crippen LogP contribution in [0.25, 0.3) is 0 Å². The molecule has 1 aromatic rings. The molecule has 1 aliphatic rings. The standard InChI is InChI=1S/C11H14N2S2.Na/c14-11(15)13-8-6-12(7-9-13)10-4-2-1-3-5-10;/h1-5H,6-9H2,(H,14,15);. The van der Waals surface area contributed by atoms with E-state index in [2.05, 4.69) is 46.7 Å². The Labute approximate surface area is 130 Å². The van der Waals surface area contributed by atoms with E-state index in [4.69, 9.17) is 12.2 Å². The summed E-state index contributed by atoms with van der Waals surface area (Å²) in [6.45, 7) is 3.98. The van der Waals surface area contributed by atoms with Crippen molar-refractivity contribution in [2.75, 3.05) is 31.1 Å². The molecule has 0 bridgehead atoms. The Kier molecular flexibility index (Phi) is 6.15. The Bertz CT molecular complexity index is 337. The van der Waals surface area contributed by atoms with Gasteiger partial charge in [0.1, 0.15) is 4.32 Å². The molecule has 0 amide bonds. The minimum atomic E-state index is 0. The van der Waals surface area contributed by atoms with Crippen molar-refractivity contribution in [2.45, 2.75) is 0 Å². The molecule has 0 aromatic heterocycles. The van der Waals surface area contributed by atoms with Gasteiger partial charge in [-0.1, -0.05) is 30.4 Å². The molecule has 0 N–H and O–H groups in total. The van der Waals surface area contributed by atoms with Crippen molar-refractivity contribution in [2.24, 2.45) is 0 Å². The summed E-state index contributed by atoms with van der Waals surface area (Å²) in [5, 5.41) is 0. The van der Waals surface area contributed by atoms with E-state index in [0.717, 1.165) is 26.2 Å². The topological polar surface area (TPSA) is 6.48 Å². The van der Waals surface area contributed by atoms with Gasteiger partial charge in [-0.05, 0) is 12.1 Å². The Morgan fingerprint density at radius 2 is 1.62 bits per heavy atom. The van der Waals surface area contributed by atoms with E-state index in [-0.39, 0.29) is 29.6 Å². The average molecular weight is 261 g/mol. The molecule has 2 nitrogen and oxygen atoms in total. The quantitative estimate of drug-likeness (QED) is 0.467. The van der Waals surface area contributed by atoms with Crippen molar-refractivity contribution in [3.05, 3.63) is 30.3 Å². The van der Waals surface area contributed by atoms with E-state index in [0.29, 0.717) is 4.32 Å². The first-order valence-corrected chi connectivity index (χ1v) is 5.91. The molecule has 16 heavy (non-hydrogen) atoms. The van der Waals surface area contributed by atoms with E-state index in [1.165, 1.54) is 5.69 Å². The zero-order valence-electron chi connectivity index (χ0n) is 9.47. The van der Waals surface area contributed by atoms with E-state index in [1.807, 2.05) is 6.07 Å². The maximum atomic E-state index is 5.04. The Morgan fingerprint density at radius 3 is 2.12 bits per heavy atom. The smallest absolute Gasteiger partial charge is 0.133 e. The number of rotatable bonds is 1. The van der Waals surface area contributed by atoms with Gasteiger partial charge in [0, 0.05) is 61.4 Å². The summed E-state index contributed by atoms with van der Waals surface area (Å²) < 4.78 is 0.711. The van der Waals surface area contributed by atoms with Crippen LogP contribution in [-0.4, -0.2) is 65.0 Å². The first-order valence-electron chi connectivity index (χ1n) is 5.05. The van der Waals surface area contributed by atoms with E-state index in [9.17, 15) is 0 Å². The van der Waals surface area contributed by atoms with Crippen LogP contribution in [0.5, 0.6) is 0 Å². The zero-order valence-corrected chi connectivity index (χ0v) is 13.2. The van der Waals surface area contributed by atoms with Crippen molar-refractivity contribution in [1.82, 2.24) is 4.90 Å². The number of para-hydroxylation sites is 1. The predicted molar refractivity (Wildman–Crippen MR) is 77.6 cm³/mol. The minimum Gasteiger partial charge on any atom is -0.368 e. The molecule has 0 saturated carbocycles. The van der Waals surface area contributed by atoms with Gasteiger partial charge >= 0.3 is 0 Å². The van der Waals surface area contributed by atoms with Crippen molar-refractivity contribution in [1.29, 1.82) is 0 Å². The molecule has 1 aromatic carbocycles. The fourth-order valence-electron chi connectivity index (χ4n) is 1.79. The van der Waals surface area contributed by atoms with Crippen LogP contribution in [0.1, 0.15) is 0 Å². The third kappa shape index (κ3) is 3.64. The van der Waals surface area contributed by atoms with Gasteiger partial charge in [-0.2, -0.15) is 0 Å². The molecule has 5 heteroatoms. The molecule has 0 aliphatic carbocycles. The van der Waals surface area contributed by atoms with Gasteiger partial charge in [0.2, 0.25) is 0 Å². The first kappa shape index (κ1) is 14.3. The largest absolute Gasteiger partial charge is 0.368 e. The molecule has 2 rings (SSSR count). The number of thiol groups is 1. The molecule has 1 radical (unpaired) electrons. The van der Waals surface area contributed by atoms with Crippen LogP contribution in [-0.2, 0) is 0 Å². The van der Waals surface area contributed by atoms with E-state index in [1.54, 1.807) is 0 Å². The third-order valence-corrected chi connectivity index (χ3v) is 3.21. The second kappa shape index (κ2) is 6.87. The minimum absolute atomic E-state index is 0. The molecule has 1 saturated heterocycles. The average Bonchev–Trinajstić information content (AvgIpc) is 2.30. The predicted octanol–water partition coefficient (Wildman–Crippen LogP) is 1.64. The van der Waals surface area contributed by atoms with Crippen LogP contribution in [0.3, 0.4) is 0 Å². The SMILES string of the molecule is S=C(S)N1CCN(c2ccccc2)CC1.[Na]. The molecule has 1 heterocycles. The zero-order chi connectivity index (χ0) is 10.7. The summed E-state index contributed by atoms with van der Waals surface area (Å²) in [7, 11) is 0. The molecule has 0 atom stereocenters. The third-order valence-electron chi connectivity index (χ3n) is 2.67. The number of piperazine rings is 1. The van der Waals surface area contributed by atoms with Crippen molar-refractivity contribution < 1.29 is 0 Å². The summed E-state index contributed by atoms with van der Waals surface area (Å²) in [6.07, 6.45) is 0. The molecule has 0 spiro atoms. The number of hydrogen-bond acceptors (Lipinski definition) is 2. The number of nitrogens with zero attached hydrogens (tertiary/aromatic N) is 2. The van der Waals surface area contributed by atoms with Crippen LogP contribution < -0.4 is 4.90 Å². The molecule has 81 valence electrons. The number of benzene rings is 1.